The number of carbonyl (C=O) groups excluding carboxylic acids is 1. The summed E-state index contributed by atoms with van der Waals surface area (Å²) in [6.45, 7) is 5.21. The lowest BCUT2D eigenvalue weighted by Gasteiger charge is -2.22. The van der Waals surface area contributed by atoms with Crippen molar-refractivity contribution < 1.29 is 9.21 Å². The van der Waals surface area contributed by atoms with E-state index in [1.54, 1.807) is 6.26 Å². The molecule has 0 aromatic carbocycles. The van der Waals surface area contributed by atoms with Crippen LogP contribution in [0.1, 0.15) is 30.2 Å². The molecule has 2 aliphatic rings. The molecule has 1 saturated heterocycles. The van der Waals surface area contributed by atoms with Gasteiger partial charge < -0.3 is 14.2 Å². The molecular weight excluding hydrogens is 304 g/mol. The highest BCUT2D eigenvalue weighted by atomic mass is 16.3. The molecule has 6 heteroatoms. The first-order chi connectivity index (χ1) is 11.7. The summed E-state index contributed by atoms with van der Waals surface area (Å²) in [6, 6.07) is 7.85. The van der Waals surface area contributed by atoms with Gasteiger partial charge in [-0.15, -0.1) is 5.10 Å². The van der Waals surface area contributed by atoms with Crippen LogP contribution in [-0.2, 0) is 4.79 Å². The molecule has 0 bridgehead atoms. The van der Waals surface area contributed by atoms with Crippen molar-refractivity contribution in [1.29, 1.82) is 0 Å². The maximum atomic E-state index is 12.7. The zero-order valence-electron chi connectivity index (χ0n) is 13.9. The van der Waals surface area contributed by atoms with Gasteiger partial charge in [-0.05, 0) is 44.0 Å². The van der Waals surface area contributed by atoms with Gasteiger partial charge in [0.1, 0.15) is 5.76 Å². The number of furan rings is 1. The molecule has 1 saturated carbocycles. The van der Waals surface area contributed by atoms with E-state index in [-0.39, 0.29) is 17.7 Å². The standard InChI is InChI=1S/C18H22N4O2/c1-13-5-6-17(20-19-13)21-7-3-8-22(10-9-21)18(23)15-12-14(15)16-4-2-11-24-16/h2,4-6,11,14-15H,3,7-10,12H2,1H3. The van der Waals surface area contributed by atoms with Crippen molar-refractivity contribution in [3.05, 3.63) is 42.0 Å². The highest BCUT2D eigenvalue weighted by molar-refractivity contribution is 5.83. The third kappa shape index (κ3) is 3.00. The number of aryl methyl sites for hydroxylation is 1. The van der Waals surface area contributed by atoms with E-state index < -0.39 is 0 Å². The number of hydrogen-bond donors (Lipinski definition) is 0. The van der Waals surface area contributed by atoms with Crippen LogP contribution in [0.15, 0.2) is 34.9 Å². The molecule has 0 radical (unpaired) electrons. The smallest absolute Gasteiger partial charge is 0.226 e. The molecule has 24 heavy (non-hydrogen) atoms. The normalized spacial score (nSPS) is 23.9. The summed E-state index contributed by atoms with van der Waals surface area (Å²) >= 11 is 0. The molecule has 2 unspecified atom stereocenters. The van der Waals surface area contributed by atoms with Gasteiger partial charge in [0.15, 0.2) is 5.82 Å². The number of aromatic nitrogens is 2. The van der Waals surface area contributed by atoms with Gasteiger partial charge in [0.2, 0.25) is 5.91 Å². The van der Waals surface area contributed by atoms with Crippen LogP contribution in [0.2, 0.25) is 0 Å². The van der Waals surface area contributed by atoms with Crippen molar-refractivity contribution in [3.63, 3.8) is 0 Å². The second-order valence-electron chi connectivity index (χ2n) is 6.66. The average Bonchev–Trinajstić information content (AvgIpc) is 3.29. The van der Waals surface area contributed by atoms with Crippen LogP contribution in [0, 0.1) is 12.8 Å². The Morgan fingerprint density at radius 1 is 1.17 bits per heavy atom. The summed E-state index contributed by atoms with van der Waals surface area (Å²) in [5.74, 6) is 2.49. The molecule has 1 aliphatic carbocycles. The highest BCUT2D eigenvalue weighted by Gasteiger charge is 2.47. The molecule has 1 amide bonds. The van der Waals surface area contributed by atoms with Gasteiger partial charge in [-0.25, -0.2) is 0 Å². The summed E-state index contributed by atoms with van der Waals surface area (Å²) < 4.78 is 5.44. The summed E-state index contributed by atoms with van der Waals surface area (Å²) in [5, 5.41) is 8.40. The van der Waals surface area contributed by atoms with E-state index in [2.05, 4.69) is 15.1 Å². The maximum Gasteiger partial charge on any atom is 0.226 e. The minimum atomic E-state index is 0.0990. The number of anilines is 1. The lowest BCUT2D eigenvalue weighted by molar-refractivity contribution is -0.132. The van der Waals surface area contributed by atoms with Gasteiger partial charge in [0, 0.05) is 38.0 Å². The molecule has 126 valence electrons. The lowest BCUT2D eigenvalue weighted by Crippen LogP contribution is -2.36. The van der Waals surface area contributed by atoms with Crippen LogP contribution < -0.4 is 4.90 Å². The molecule has 6 nitrogen and oxygen atoms in total. The van der Waals surface area contributed by atoms with Crippen molar-refractivity contribution in [2.45, 2.75) is 25.7 Å². The number of nitrogens with zero attached hydrogens (tertiary/aromatic N) is 4. The van der Waals surface area contributed by atoms with E-state index in [1.165, 1.54) is 0 Å². The van der Waals surface area contributed by atoms with Crippen LogP contribution in [0.25, 0.3) is 0 Å². The molecular formula is C18H22N4O2. The van der Waals surface area contributed by atoms with Gasteiger partial charge in [-0.1, -0.05) is 0 Å². The second-order valence-corrected chi connectivity index (χ2v) is 6.66. The van der Waals surface area contributed by atoms with Crippen molar-refractivity contribution in [3.8, 4) is 0 Å². The number of carbonyl (C=O) groups is 1. The number of rotatable bonds is 3. The van der Waals surface area contributed by atoms with E-state index in [9.17, 15) is 4.79 Å². The van der Waals surface area contributed by atoms with Gasteiger partial charge in [-0.2, -0.15) is 5.10 Å². The Morgan fingerprint density at radius 2 is 2.08 bits per heavy atom. The number of hydrogen-bond acceptors (Lipinski definition) is 5. The maximum absolute atomic E-state index is 12.7. The van der Waals surface area contributed by atoms with Crippen molar-refractivity contribution in [1.82, 2.24) is 15.1 Å². The van der Waals surface area contributed by atoms with Crippen LogP contribution in [0.3, 0.4) is 0 Å². The predicted octanol–water partition coefficient (Wildman–Crippen LogP) is 2.22. The zero-order chi connectivity index (χ0) is 16.5. The summed E-state index contributed by atoms with van der Waals surface area (Å²) in [5.41, 5.74) is 0.920. The minimum Gasteiger partial charge on any atom is -0.469 e. The fourth-order valence-corrected chi connectivity index (χ4v) is 3.45. The lowest BCUT2D eigenvalue weighted by atomic mass is 10.2. The van der Waals surface area contributed by atoms with E-state index in [0.29, 0.717) is 0 Å². The molecule has 2 aromatic heterocycles. The third-order valence-electron chi connectivity index (χ3n) is 4.93. The third-order valence-corrected chi connectivity index (χ3v) is 4.93. The van der Waals surface area contributed by atoms with E-state index >= 15 is 0 Å². The highest BCUT2D eigenvalue weighted by Crippen LogP contribution is 2.48. The summed E-state index contributed by atoms with van der Waals surface area (Å²) in [7, 11) is 0. The molecule has 2 atom stereocenters. The topological polar surface area (TPSA) is 62.5 Å². The molecule has 3 heterocycles. The van der Waals surface area contributed by atoms with Gasteiger partial charge in [0.05, 0.1) is 12.0 Å². The monoisotopic (exact) mass is 326 g/mol. The van der Waals surface area contributed by atoms with Crippen LogP contribution in [0.5, 0.6) is 0 Å². The summed E-state index contributed by atoms with van der Waals surface area (Å²) in [4.78, 5) is 17.0. The van der Waals surface area contributed by atoms with Crippen LogP contribution >= 0.6 is 0 Å². The van der Waals surface area contributed by atoms with E-state index in [4.69, 9.17) is 4.42 Å². The zero-order valence-corrected chi connectivity index (χ0v) is 13.9. The first-order valence-corrected chi connectivity index (χ1v) is 8.60. The first kappa shape index (κ1) is 15.2. The van der Waals surface area contributed by atoms with Gasteiger partial charge in [0.25, 0.3) is 0 Å². The van der Waals surface area contributed by atoms with Gasteiger partial charge >= 0.3 is 0 Å². The van der Waals surface area contributed by atoms with E-state index in [1.807, 2.05) is 36.1 Å². The predicted molar refractivity (Wildman–Crippen MR) is 89.7 cm³/mol. The Balaban J connectivity index is 1.36. The molecule has 0 N–H and O–H groups in total. The Hall–Kier alpha value is -2.37. The average molecular weight is 326 g/mol. The van der Waals surface area contributed by atoms with Crippen LogP contribution in [-0.4, -0.2) is 47.2 Å². The molecule has 2 fully saturated rings. The summed E-state index contributed by atoms with van der Waals surface area (Å²) in [6.07, 6.45) is 3.55. The van der Waals surface area contributed by atoms with Crippen molar-refractivity contribution in [2.24, 2.45) is 5.92 Å². The fourth-order valence-electron chi connectivity index (χ4n) is 3.45. The molecule has 1 aliphatic heterocycles. The minimum absolute atomic E-state index is 0.0990. The molecule has 2 aromatic rings. The van der Waals surface area contributed by atoms with Crippen molar-refractivity contribution in [2.75, 3.05) is 31.1 Å². The van der Waals surface area contributed by atoms with Crippen molar-refractivity contribution >= 4 is 11.7 Å². The molecule has 4 rings (SSSR count). The Morgan fingerprint density at radius 3 is 2.83 bits per heavy atom. The first-order valence-electron chi connectivity index (χ1n) is 8.60. The van der Waals surface area contributed by atoms with Gasteiger partial charge in [-0.3, -0.25) is 4.79 Å². The fraction of sp³-hybridized carbons (Fsp3) is 0.500. The molecule has 0 spiro atoms. The van der Waals surface area contributed by atoms with Crippen LogP contribution in [0.4, 0.5) is 5.82 Å². The quantitative estimate of drug-likeness (QED) is 0.865. The number of amides is 1. The Bertz CT molecular complexity index is 698. The second kappa shape index (κ2) is 6.26. The van der Waals surface area contributed by atoms with E-state index in [0.717, 1.165) is 56.3 Å². The largest absolute Gasteiger partial charge is 0.469 e. The Kier molecular flexibility index (Phi) is 3.96. The Labute approximate surface area is 141 Å². The SMILES string of the molecule is Cc1ccc(N2CCCN(C(=O)C3CC3c3ccco3)CC2)nn1.